The first kappa shape index (κ1) is 19.0. The maximum atomic E-state index is 13.2. The summed E-state index contributed by atoms with van der Waals surface area (Å²) in [6, 6.07) is 24.6. The number of aryl methyl sites for hydroxylation is 1. The lowest BCUT2D eigenvalue weighted by molar-refractivity contribution is -0.389. The Morgan fingerprint density at radius 3 is 2.28 bits per heavy atom. The molecule has 144 valence electrons. The monoisotopic (exact) mass is 402 g/mol. The molecule has 4 rings (SSSR count). The molecule has 0 radical (unpaired) electrons. The summed E-state index contributed by atoms with van der Waals surface area (Å²) >= 11 is 1.25. The predicted molar refractivity (Wildman–Crippen MR) is 116 cm³/mol. The molecule has 1 aromatic heterocycles. The lowest BCUT2D eigenvalue weighted by Gasteiger charge is -2.14. The Bertz CT molecular complexity index is 1250. The molecular formula is C23H18N2O3S. The Balaban J connectivity index is 1.95. The molecule has 0 aliphatic carbocycles. The minimum absolute atomic E-state index is 0.274. The number of aromatic nitrogens is 1. The highest BCUT2D eigenvalue weighted by Gasteiger charge is 2.26. The molecule has 0 N–H and O–H groups in total. The van der Waals surface area contributed by atoms with Gasteiger partial charge in [-0.05, 0) is 30.7 Å². The Morgan fingerprint density at radius 1 is 0.931 bits per heavy atom. The third-order valence-corrected chi connectivity index (χ3v) is 5.83. The number of rotatable bonds is 5. The molecule has 0 aliphatic heterocycles. The average molecular weight is 402 g/mol. The third-order valence-electron chi connectivity index (χ3n) is 4.71. The summed E-state index contributed by atoms with van der Waals surface area (Å²) in [5, 5.41) is 12.6. The number of nitro groups is 1. The van der Waals surface area contributed by atoms with Gasteiger partial charge in [0.05, 0.1) is 17.0 Å². The van der Waals surface area contributed by atoms with Gasteiger partial charge in [-0.15, -0.1) is 0 Å². The van der Waals surface area contributed by atoms with Gasteiger partial charge in [-0.1, -0.05) is 78.0 Å². The van der Waals surface area contributed by atoms with Crippen molar-refractivity contribution >= 4 is 28.4 Å². The van der Waals surface area contributed by atoms with Crippen LogP contribution in [0.1, 0.15) is 11.1 Å². The second-order valence-electron chi connectivity index (χ2n) is 6.74. The molecule has 0 aliphatic rings. The number of para-hydroxylation sites is 1. The summed E-state index contributed by atoms with van der Waals surface area (Å²) in [5.41, 5.74) is 1.72. The fraction of sp³-hybridized carbons (Fsp3) is 0.0870. The number of fused-ring (bicyclic) bond motifs is 1. The molecule has 0 saturated carbocycles. The summed E-state index contributed by atoms with van der Waals surface area (Å²) in [5.74, 6) is 0. The van der Waals surface area contributed by atoms with Gasteiger partial charge >= 0.3 is 11.2 Å². The minimum Gasteiger partial charge on any atom is -0.298 e. The highest BCUT2D eigenvalue weighted by atomic mass is 32.2. The van der Waals surface area contributed by atoms with Crippen molar-refractivity contribution in [3.05, 3.63) is 110 Å². The van der Waals surface area contributed by atoms with E-state index in [9.17, 15) is 14.9 Å². The van der Waals surface area contributed by atoms with Gasteiger partial charge in [-0.25, -0.2) is 0 Å². The van der Waals surface area contributed by atoms with Crippen LogP contribution in [-0.2, 0) is 6.54 Å². The highest BCUT2D eigenvalue weighted by Crippen LogP contribution is 2.38. The quantitative estimate of drug-likeness (QED) is 0.330. The number of benzene rings is 3. The van der Waals surface area contributed by atoms with E-state index in [1.165, 1.54) is 16.3 Å². The summed E-state index contributed by atoms with van der Waals surface area (Å²) < 4.78 is 1.49. The Kier molecular flexibility index (Phi) is 5.18. The summed E-state index contributed by atoms with van der Waals surface area (Å²) in [4.78, 5) is 25.8. The summed E-state index contributed by atoms with van der Waals surface area (Å²) in [6.45, 7) is 2.26. The molecule has 0 amide bonds. The molecule has 0 atom stereocenters. The van der Waals surface area contributed by atoms with E-state index >= 15 is 0 Å². The zero-order valence-corrected chi connectivity index (χ0v) is 16.6. The largest absolute Gasteiger partial charge is 0.348 e. The van der Waals surface area contributed by atoms with Gasteiger partial charge in [-0.2, -0.15) is 0 Å². The van der Waals surface area contributed by atoms with Crippen LogP contribution in [0.4, 0.5) is 5.69 Å². The first-order valence-electron chi connectivity index (χ1n) is 9.13. The topological polar surface area (TPSA) is 65.1 Å². The number of nitrogens with zero attached hydrogens (tertiary/aromatic N) is 2. The zero-order chi connectivity index (χ0) is 20.4. The fourth-order valence-corrected chi connectivity index (χ4v) is 4.32. The van der Waals surface area contributed by atoms with Gasteiger partial charge in [0, 0.05) is 10.3 Å². The second-order valence-corrected chi connectivity index (χ2v) is 7.83. The van der Waals surface area contributed by atoms with Crippen molar-refractivity contribution < 1.29 is 4.92 Å². The van der Waals surface area contributed by atoms with E-state index in [-0.39, 0.29) is 12.2 Å². The van der Waals surface area contributed by atoms with Crippen LogP contribution in [0.3, 0.4) is 0 Å². The summed E-state index contributed by atoms with van der Waals surface area (Å²) in [7, 11) is 0. The lowest BCUT2D eigenvalue weighted by atomic mass is 10.1. The van der Waals surface area contributed by atoms with Gasteiger partial charge in [0.1, 0.15) is 4.90 Å². The van der Waals surface area contributed by atoms with E-state index in [1.54, 1.807) is 0 Å². The SMILES string of the molecule is Cc1ccc(Sc2c([N+](=O)[O-])c(=O)n(Cc3ccccc3)c3ccccc23)cc1. The van der Waals surface area contributed by atoms with E-state index in [0.717, 1.165) is 16.0 Å². The first-order chi connectivity index (χ1) is 14.0. The molecule has 0 saturated heterocycles. The number of hydrogen-bond donors (Lipinski definition) is 0. The molecule has 5 nitrogen and oxygen atoms in total. The van der Waals surface area contributed by atoms with Crippen LogP contribution in [-0.4, -0.2) is 9.49 Å². The van der Waals surface area contributed by atoms with Gasteiger partial charge in [0.25, 0.3) is 0 Å². The van der Waals surface area contributed by atoms with Crippen molar-refractivity contribution in [1.82, 2.24) is 4.57 Å². The lowest BCUT2D eigenvalue weighted by Crippen LogP contribution is -2.24. The minimum atomic E-state index is -0.591. The van der Waals surface area contributed by atoms with Crippen molar-refractivity contribution in [2.45, 2.75) is 23.3 Å². The molecule has 6 heteroatoms. The second kappa shape index (κ2) is 7.93. The van der Waals surface area contributed by atoms with Gasteiger partial charge < -0.3 is 0 Å². The van der Waals surface area contributed by atoms with Crippen LogP contribution in [0.2, 0.25) is 0 Å². The van der Waals surface area contributed by atoms with Crippen molar-refractivity contribution in [1.29, 1.82) is 0 Å². The van der Waals surface area contributed by atoms with Crippen LogP contribution in [0.25, 0.3) is 10.9 Å². The standard InChI is InChI=1S/C23H18N2O3S/c1-16-11-13-18(14-12-16)29-22-19-9-5-6-10-20(19)24(23(26)21(22)25(27)28)15-17-7-3-2-4-8-17/h2-14H,15H2,1H3. The molecule has 0 spiro atoms. The van der Waals surface area contributed by atoms with Crippen molar-refractivity contribution in [3.63, 3.8) is 0 Å². The maximum absolute atomic E-state index is 13.2. The molecule has 4 aromatic rings. The first-order valence-corrected chi connectivity index (χ1v) is 9.94. The van der Waals surface area contributed by atoms with E-state index in [4.69, 9.17) is 0 Å². The Morgan fingerprint density at radius 2 is 1.59 bits per heavy atom. The predicted octanol–water partition coefficient (Wildman–Crippen LogP) is 5.42. The van der Waals surface area contributed by atoms with Crippen LogP contribution >= 0.6 is 11.8 Å². The van der Waals surface area contributed by atoms with Gasteiger partial charge in [-0.3, -0.25) is 19.5 Å². The molecule has 1 heterocycles. The zero-order valence-electron chi connectivity index (χ0n) is 15.7. The van der Waals surface area contributed by atoms with E-state index in [2.05, 4.69) is 0 Å². The molecule has 0 bridgehead atoms. The molecular weight excluding hydrogens is 384 g/mol. The molecule has 3 aromatic carbocycles. The van der Waals surface area contributed by atoms with Crippen LogP contribution in [0.15, 0.2) is 93.4 Å². The normalized spacial score (nSPS) is 10.9. The third kappa shape index (κ3) is 3.79. The van der Waals surface area contributed by atoms with Crippen molar-refractivity contribution in [2.24, 2.45) is 0 Å². The van der Waals surface area contributed by atoms with Crippen LogP contribution in [0.5, 0.6) is 0 Å². The fourth-order valence-electron chi connectivity index (χ4n) is 3.27. The van der Waals surface area contributed by atoms with Gasteiger partial charge in [0.2, 0.25) is 0 Å². The molecule has 0 fully saturated rings. The highest BCUT2D eigenvalue weighted by molar-refractivity contribution is 7.99. The van der Waals surface area contributed by atoms with Crippen molar-refractivity contribution in [2.75, 3.05) is 0 Å². The number of pyridine rings is 1. The maximum Gasteiger partial charge on any atom is 0.348 e. The Labute approximate surface area is 171 Å². The van der Waals surface area contributed by atoms with Crippen molar-refractivity contribution in [3.8, 4) is 0 Å². The molecule has 0 unspecified atom stereocenters. The van der Waals surface area contributed by atoms with Crippen LogP contribution < -0.4 is 5.56 Å². The Hall–Kier alpha value is -3.38. The van der Waals surface area contributed by atoms with E-state index in [1.807, 2.05) is 85.8 Å². The van der Waals surface area contributed by atoms with Crippen LogP contribution in [0, 0.1) is 17.0 Å². The summed E-state index contributed by atoms with van der Waals surface area (Å²) in [6.07, 6.45) is 0. The smallest absolute Gasteiger partial charge is 0.298 e. The van der Waals surface area contributed by atoms with E-state index in [0.29, 0.717) is 15.8 Å². The molecule has 29 heavy (non-hydrogen) atoms. The van der Waals surface area contributed by atoms with E-state index < -0.39 is 10.5 Å². The number of hydrogen-bond acceptors (Lipinski definition) is 4. The average Bonchev–Trinajstić information content (AvgIpc) is 2.73. The van der Waals surface area contributed by atoms with Gasteiger partial charge in [0.15, 0.2) is 0 Å².